The Bertz CT molecular complexity index is 524. The third-order valence-corrected chi connectivity index (χ3v) is 3.49. The van der Waals surface area contributed by atoms with E-state index in [1.54, 1.807) is 24.1 Å². The third kappa shape index (κ3) is 2.27. The van der Waals surface area contributed by atoms with Crippen molar-refractivity contribution in [1.29, 1.82) is 5.26 Å². The van der Waals surface area contributed by atoms with Crippen molar-refractivity contribution in [3.63, 3.8) is 0 Å². The largest absolute Gasteiger partial charge is 0.394 e. The van der Waals surface area contributed by atoms with Gasteiger partial charge in [0.1, 0.15) is 12.1 Å². The van der Waals surface area contributed by atoms with Crippen molar-refractivity contribution >= 4 is 11.6 Å². The fraction of sp³-hybridized carbons (Fsp3) is 0.429. The van der Waals surface area contributed by atoms with Crippen molar-refractivity contribution in [2.45, 2.75) is 19.0 Å². The van der Waals surface area contributed by atoms with Crippen molar-refractivity contribution < 1.29 is 9.90 Å². The van der Waals surface area contributed by atoms with E-state index < -0.39 is 6.04 Å². The quantitative estimate of drug-likeness (QED) is 0.844. The Labute approximate surface area is 112 Å². The molecule has 5 nitrogen and oxygen atoms in total. The summed E-state index contributed by atoms with van der Waals surface area (Å²) in [5, 5.41) is 18.7. The topological polar surface area (TPSA) is 67.6 Å². The molecule has 19 heavy (non-hydrogen) atoms. The van der Waals surface area contributed by atoms with Gasteiger partial charge in [0.2, 0.25) is 5.91 Å². The number of carbonyl (C=O) groups is 1. The zero-order valence-corrected chi connectivity index (χ0v) is 11.1. The molecule has 1 saturated heterocycles. The molecule has 0 aromatic heterocycles. The lowest BCUT2D eigenvalue weighted by Gasteiger charge is -2.44. The molecule has 1 N–H and O–H groups in total. The summed E-state index contributed by atoms with van der Waals surface area (Å²) in [6, 6.07) is 8.73. The van der Waals surface area contributed by atoms with Crippen molar-refractivity contribution in [3.05, 3.63) is 29.8 Å². The van der Waals surface area contributed by atoms with Crippen LogP contribution in [0.3, 0.4) is 0 Å². The van der Waals surface area contributed by atoms with E-state index in [4.69, 9.17) is 0 Å². The molecule has 1 amide bonds. The molecule has 0 aliphatic carbocycles. The third-order valence-electron chi connectivity index (χ3n) is 3.49. The molecule has 0 saturated carbocycles. The van der Waals surface area contributed by atoms with E-state index in [-0.39, 0.29) is 18.6 Å². The first kappa shape index (κ1) is 13.4. The van der Waals surface area contributed by atoms with Gasteiger partial charge in [0.05, 0.1) is 17.9 Å². The number of piperazine rings is 1. The Kier molecular flexibility index (Phi) is 3.72. The van der Waals surface area contributed by atoms with E-state index in [0.717, 1.165) is 0 Å². The number of para-hydroxylation sites is 1. The molecular formula is C14H17N3O2. The summed E-state index contributed by atoms with van der Waals surface area (Å²) >= 11 is 0. The average molecular weight is 259 g/mol. The lowest BCUT2D eigenvalue weighted by atomic mass is 10.0. The maximum absolute atomic E-state index is 12.1. The summed E-state index contributed by atoms with van der Waals surface area (Å²) in [7, 11) is 1.73. The highest BCUT2D eigenvalue weighted by atomic mass is 16.3. The summed E-state index contributed by atoms with van der Waals surface area (Å²) in [4.78, 5) is 15.6. The molecule has 100 valence electrons. The SMILES string of the molecule is CC1CN(C)C(=O)C(CO)N1c1ccccc1C#N. The number of carbonyl (C=O) groups excluding carboxylic acids is 1. The van der Waals surface area contributed by atoms with Gasteiger partial charge in [0.25, 0.3) is 0 Å². The Morgan fingerprint density at radius 2 is 2.16 bits per heavy atom. The zero-order chi connectivity index (χ0) is 14.0. The molecule has 1 aromatic carbocycles. The summed E-state index contributed by atoms with van der Waals surface area (Å²) in [6.07, 6.45) is 0. The zero-order valence-electron chi connectivity index (χ0n) is 11.1. The van der Waals surface area contributed by atoms with Gasteiger partial charge in [-0.3, -0.25) is 4.79 Å². The maximum atomic E-state index is 12.1. The number of aliphatic hydroxyl groups excluding tert-OH is 1. The normalized spacial score (nSPS) is 23.4. The molecule has 5 heteroatoms. The van der Waals surface area contributed by atoms with Crippen molar-refractivity contribution in [2.24, 2.45) is 0 Å². The minimum Gasteiger partial charge on any atom is -0.394 e. The van der Waals surface area contributed by atoms with Crippen LogP contribution in [0.4, 0.5) is 5.69 Å². The summed E-state index contributed by atoms with van der Waals surface area (Å²) < 4.78 is 0. The van der Waals surface area contributed by atoms with Crippen LogP contribution in [-0.4, -0.2) is 48.2 Å². The Hall–Kier alpha value is -2.06. The lowest BCUT2D eigenvalue weighted by molar-refractivity contribution is -0.134. The van der Waals surface area contributed by atoms with E-state index in [0.29, 0.717) is 17.8 Å². The summed E-state index contributed by atoms with van der Waals surface area (Å²) in [6.45, 7) is 2.31. The van der Waals surface area contributed by atoms with Crippen molar-refractivity contribution in [3.8, 4) is 6.07 Å². The van der Waals surface area contributed by atoms with E-state index in [2.05, 4.69) is 6.07 Å². The first-order chi connectivity index (χ1) is 9.10. The molecule has 1 fully saturated rings. The first-order valence-electron chi connectivity index (χ1n) is 6.23. The van der Waals surface area contributed by atoms with Gasteiger partial charge in [-0.05, 0) is 19.1 Å². The van der Waals surface area contributed by atoms with E-state index in [1.165, 1.54) is 0 Å². The number of amides is 1. The van der Waals surface area contributed by atoms with Crippen LogP contribution >= 0.6 is 0 Å². The molecule has 0 radical (unpaired) electrons. The number of rotatable bonds is 2. The fourth-order valence-electron chi connectivity index (χ4n) is 2.62. The number of aliphatic hydroxyl groups is 1. The molecule has 1 aliphatic rings. The van der Waals surface area contributed by atoms with Crippen molar-refractivity contribution in [1.82, 2.24) is 4.90 Å². The molecule has 2 atom stereocenters. The smallest absolute Gasteiger partial charge is 0.247 e. The van der Waals surface area contributed by atoms with Crippen LogP contribution in [0.1, 0.15) is 12.5 Å². The van der Waals surface area contributed by atoms with Gasteiger partial charge >= 0.3 is 0 Å². The van der Waals surface area contributed by atoms with Gasteiger partial charge in [-0.2, -0.15) is 5.26 Å². The van der Waals surface area contributed by atoms with Gasteiger partial charge < -0.3 is 14.9 Å². The number of hydrogen-bond donors (Lipinski definition) is 1. The molecule has 0 spiro atoms. The van der Waals surface area contributed by atoms with Crippen LogP contribution in [0.15, 0.2) is 24.3 Å². The first-order valence-corrected chi connectivity index (χ1v) is 6.23. The molecule has 2 rings (SSSR count). The second-order valence-electron chi connectivity index (χ2n) is 4.80. The predicted molar refractivity (Wildman–Crippen MR) is 71.6 cm³/mol. The highest BCUT2D eigenvalue weighted by Crippen LogP contribution is 2.27. The fourth-order valence-corrected chi connectivity index (χ4v) is 2.62. The number of hydrogen-bond acceptors (Lipinski definition) is 4. The van der Waals surface area contributed by atoms with Gasteiger partial charge in [-0.25, -0.2) is 0 Å². The number of nitriles is 1. The second kappa shape index (κ2) is 5.29. The molecule has 1 aromatic rings. The Morgan fingerprint density at radius 1 is 1.47 bits per heavy atom. The highest BCUT2D eigenvalue weighted by molar-refractivity contribution is 5.87. The van der Waals surface area contributed by atoms with Gasteiger partial charge in [0, 0.05) is 19.6 Å². The van der Waals surface area contributed by atoms with Gasteiger partial charge in [-0.15, -0.1) is 0 Å². The highest BCUT2D eigenvalue weighted by Gasteiger charge is 2.37. The number of anilines is 1. The second-order valence-corrected chi connectivity index (χ2v) is 4.80. The van der Waals surface area contributed by atoms with Crippen LogP contribution in [-0.2, 0) is 4.79 Å². The molecular weight excluding hydrogens is 242 g/mol. The van der Waals surface area contributed by atoms with Crippen LogP contribution in [0.25, 0.3) is 0 Å². The Morgan fingerprint density at radius 3 is 2.79 bits per heavy atom. The predicted octanol–water partition coefficient (Wildman–Crippen LogP) is 0.586. The average Bonchev–Trinajstić information content (AvgIpc) is 2.42. The van der Waals surface area contributed by atoms with E-state index in [1.807, 2.05) is 24.0 Å². The number of likely N-dealkylation sites (N-methyl/N-ethyl adjacent to an activating group) is 1. The molecule has 1 aliphatic heterocycles. The van der Waals surface area contributed by atoms with Crippen molar-refractivity contribution in [2.75, 3.05) is 25.1 Å². The molecule has 1 heterocycles. The standard InChI is InChI=1S/C14H17N3O2/c1-10-8-16(2)14(19)13(9-18)17(10)12-6-4-3-5-11(12)7-15/h3-6,10,13,18H,8-9H2,1-2H3. The minimum absolute atomic E-state index is 0.0503. The maximum Gasteiger partial charge on any atom is 0.247 e. The van der Waals surface area contributed by atoms with Crippen LogP contribution < -0.4 is 4.90 Å². The minimum atomic E-state index is -0.622. The summed E-state index contributed by atoms with van der Waals surface area (Å²) in [5.41, 5.74) is 1.23. The monoisotopic (exact) mass is 259 g/mol. The molecule has 0 bridgehead atoms. The summed E-state index contributed by atoms with van der Waals surface area (Å²) in [5.74, 6) is -0.117. The van der Waals surface area contributed by atoms with Crippen LogP contribution in [0.5, 0.6) is 0 Å². The van der Waals surface area contributed by atoms with E-state index >= 15 is 0 Å². The Balaban J connectivity index is 2.46. The van der Waals surface area contributed by atoms with Gasteiger partial charge in [-0.1, -0.05) is 12.1 Å². The van der Waals surface area contributed by atoms with Gasteiger partial charge in [0.15, 0.2) is 0 Å². The lowest BCUT2D eigenvalue weighted by Crippen LogP contribution is -2.61. The van der Waals surface area contributed by atoms with Crippen LogP contribution in [0.2, 0.25) is 0 Å². The number of benzene rings is 1. The number of nitrogens with zero attached hydrogens (tertiary/aromatic N) is 3. The molecule has 2 unspecified atom stereocenters. The van der Waals surface area contributed by atoms with Crippen LogP contribution in [0, 0.1) is 11.3 Å². The van der Waals surface area contributed by atoms with E-state index in [9.17, 15) is 15.2 Å².